The minimum absolute atomic E-state index is 0.00188. The largest absolute Gasteiger partial charge is 0.325 e. The number of nitrogens with zero attached hydrogens (tertiary/aromatic N) is 1. The number of hydrogen-bond acceptors (Lipinski definition) is 2. The van der Waals surface area contributed by atoms with Crippen molar-refractivity contribution in [2.24, 2.45) is 0 Å². The molecule has 1 aliphatic heterocycles. The number of anilines is 1. The minimum atomic E-state index is -0.00188. The molecule has 0 aliphatic carbocycles. The topological polar surface area (TPSA) is 32.3 Å². The SMILES string of the molecule is CN1CCCC1CC(=O)Nc1ccc(Cl)cc1Cl. The van der Waals surface area contributed by atoms with Crippen molar-refractivity contribution in [3.63, 3.8) is 0 Å². The molecule has 1 aromatic rings. The van der Waals surface area contributed by atoms with E-state index in [4.69, 9.17) is 23.2 Å². The molecule has 1 amide bonds. The first-order valence-electron chi connectivity index (χ1n) is 6.01. The Bertz CT molecular complexity index is 451. The van der Waals surface area contributed by atoms with Gasteiger partial charge in [-0.1, -0.05) is 23.2 Å². The number of carbonyl (C=O) groups excluding carboxylic acids is 1. The van der Waals surface area contributed by atoms with E-state index in [0.717, 1.165) is 19.4 Å². The molecule has 0 spiro atoms. The monoisotopic (exact) mass is 286 g/mol. The molecule has 98 valence electrons. The van der Waals surface area contributed by atoms with Gasteiger partial charge in [0.25, 0.3) is 0 Å². The molecular formula is C13H16Cl2N2O. The van der Waals surface area contributed by atoms with E-state index in [1.54, 1.807) is 18.2 Å². The maximum atomic E-state index is 11.9. The summed E-state index contributed by atoms with van der Waals surface area (Å²) in [4.78, 5) is 14.1. The number of benzene rings is 1. The van der Waals surface area contributed by atoms with E-state index in [2.05, 4.69) is 17.3 Å². The van der Waals surface area contributed by atoms with Crippen molar-refractivity contribution in [2.45, 2.75) is 25.3 Å². The van der Waals surface area contributed by atoms with E-state index >= 15 is 0 Å². The van der Waals surface area contributed by atoms with E-state index in [0.29, 0.717) is 28.2 Å². The molecule has 0 radical (unpaired) electrons. The van der Waals surface area contributed by atoms with Crippen LogP contribution in [0.1, 0.15) is 19.3 Å². The average Bonchev–Trinajstić information content (AvgIpc) is 2.69. The van der Waals surface area contributed by atoms with Crippen molar-refractivity contribution >= 4 is 34.8 Å². The number of halogens is 2. The van der Waals surface area contributed by atoms with Crippen LogP contribution in [0, 0.1) is 0 Å². The number of amides is 1. The summed E-state index contributed by atoms with van der Waals surface area (Å²) in [6, 6.07) is 5.41. The lowest BCUT2D eigenvalue weighted by Crippen LogP contribution is -2.29. The van der Waals surface area contributed by atoms with Gasteiger partial charge in [-0.2, -0.15) is 0 Å². The molecule has 1 atom stereocenters. The predicted molar refractivity (Wildman–Crippen MR) is 75.4 cm³/mol. The van der Waals surface area contributed by atoms with Gasteiger partial charge in [0.15, 0.2) is 0 Å². The van der Waals surface area contributed by atoms with Crippen molar-refractivity contribution in [1.82, 2.24) is 4.90 Å². The molecule has 1 saturated heterocycles. The molecule has 1 heterocycles. The first-order chi connectivity index (χ1) is 8.56. The third-order valence-electron chi connectivity index (χ3n) is 3.30. The Labute approximate surface area is 117 Å². The van der Waals surface area contributed by atoms with Crippen molar-refractivity contribution in [2.75, 3.05) is 18.9 Å². The van der Waals surface area contributed by atoms with Crippen molar-refractivity contribution < 1.29 is 4.79 Å². The van der Waals surface area contributed by atoms with Crippen LogP contribution < -0.4 is 5.32 Å². The summed E-state index contributed by atoms with van der Waals surface area (Å²) in [5.41, 5.74) is 0.617. The van der Waals surface area contributed by atoms with Crippen LogP contribution >= 0.6 is 23.2 Å². The Morgan fingerprint density at radius 1 is 1.50 bits per heavy atom. The second-order valence-corrected chi connectivity index (χ2v) is 5.50. The minimum Gasteiger partial charge on any atom is -0.325 e. The van der Waals surface area contributed by atoms with Crippen LogP contribution in [0.25, 0.3) is 0 Å². The normalized spacial score (nSPS) is 20.1. The van der Waals surface area contributed by atoms with Crippen molar-refractivity contribution in [3.8, 4) is 0 Å². The summed E-state index contributed by atoms with van der Waals surface area (Å²) in [5.74, 6) is -0.00188. The van der Waals surface area contributed by atoms with Gasteiger partial charge in [0.1, 0.15) is 0 Å². The summed E-state index contributed by atoms with van der Waals surface area (Å²) >= 11 is 11.8. The Morgan fingerprint density at radius 3 is 2.89 bits per heavy atom. The third-order valence-corrected chi connectivity index (χ3v) is 3.85. The van der Waals surface area contributed by atoms with Gasteiger partial charge in [-0.05, 0) is 44.6 Å². The third kappa shape index (κ3) is 3.37. The number of likely N-dealkylation sites (tertiary alicyclic amines) is 1. The Morgan fingerprint density at radius 2 is 2.28 bits per heavy atom. The molecule has 3 nitrogen and oxygen atoms in total. The lowest BCUT2D eigenvalue weighted by atomic mass is 10.1. The van der Waals surface area contributed by atoms with Crippen molar-refractivity contribution in [1.29, 1.82) is 0 Å². The molecule has 0 aromatic heterocycles. The summed E-state index contributed by atoms with van der Waals surface area (Å²) in [6.07, 6.45) is 2.75. The van der Waals surface area contributed by atoms with Gasteiger partial charge in [0.05, 0.1) is 10.7 Å². The van der Waals surface area contributed by atoms with Crippen LogP contribution in [0.4, 0.5) is 5.69 Å². The summed E-state index contributed by atoms with van der Waals surface area (Å²) in [6.45, 7) is 1.07. The molecule has 5 heteroatoms. The highest BCUT2D eigenvalue weighted by Crippen LogP contribution is 2.26. The zero-order valence-electron chi connectivity index (χ0n) is 10.2. The number of rotatable bonds is 3. The molecule has 1 unspecified atom stereocenters. The smallest absolute Gasteiger partial charge is 0.225 e. The van der Waals surface area contributed by atoms with E-state index in [9.17, 15) is 4.79 Å². The van der Waals surface area contributed by atoms with Crippen molar-refractivity contribution in [3.05, 3.63) is 28.2 Å². The molecule has 0 saturated carbocycles. The molecular weight excluding hydrogens is 271 g/mol. The Hall–Kier alpha value is -0.770. The fourth-order valence-corrected chi connectivity index (χ4v) is 2.70. The highest BCUT2D eigenvalue weighted by atomic mass is 35.5. The average molecular weight is 287 g/mol. The maximum Gasteiger partial charge on any atom is 0.225 e. The van der Waals surface area contributed by atoms with E-state index < -0.39 is 0 Å². The first kappa shape index (κ1) is 13.7. The zero-order chi connectivity index (χ0) is 13.1. The number of hydrogen-bond donors (Lipinski definition) is 1. The Balaban J connectivity index is 1.94. The maximum absolute atomic E-state index is 11.9. The van der Waals surface area contributed by atoms with Crippen LogP contribution in [-0.2, 0) is 4.79 Å². The van der Waals surface area contributed by atoms with Crippen LogP contribution in [-0.4, -0.2) is 30.4 Å². The van der Waals surface area contributed by atoms with Crippen LogP contribution in [0.15, 0.2) is 18.2 Å². The summed E-state index contributed by atoms with van der Waals surface area (Å²) in [5, 5.41) is 3.86. The fourth-order valence-electron chi connectivity index (χ4n) is 2.24. The molecule has 0 bridgehead atoms. The van der Waals surface area contributed by atoms with Crippen LogP contribution in [0.5, 0.6) is 0 Å². The van der Waals surface area contributed by atoms with Crippen LogP contribution in [0.2, 0.25) is 10.0 Å². The summed E-state index contributed by atoms with van der Waals surface area (Å²) < 4.78 is 0. The van der Waals surface area contributed by atoms with Gasteiger partial charge in [-0.3, -0.25) is 4.79 Å². The predicted octanol–water partition coefficient (Wildman–Crippen LogP) is 3.42. The molecule has 2 rings (SSSR count). The second-order valence-electron chi connectivity index (χ2n) is 4.65. The number of carbonyl (C=O) groups is 1. The molecule has 1 fully saturated rings. The van der Waals surface area contributed by atoms with Gasteiger partial charge < -0.3 is 10.2 Å². The van der Waals surface area contributed by atoms with Gasteiger partial charge in [-0.25, -0.2) is 0 Å². The molecule has 1 N–H and O–H groups in total. The number of nitrogens with one attached hydrogen (secondary N) is 1. The highest BCUT2D eigenvalue weighted by molar-refractivity contribution is 6.36. The van der Waals surface area contributed by atoms with Gasteiger partial charge in [0, 0.05) is 17.5 Å². The summed E-state index contributed by atoms with van der Waals surface area (Å²) in [7, 11) is 2.06. The second kappa shape index (κ2) is 5.91. The highest BCUT2D eigenvalue weighted by Gasteiger charge is 2.23. The lowest BCUT2D eigenvalue weighted by molar-refractivity contribution is -0.117. The molecule has 18 heavy (non-hydrogen) atoms. The van der Waals surface area contributed by atoms with Gasteiger partial charge in [0.2, 0.25) is 5.91 Å². The molecule has 1 aliphatic rings. The fraction of sp³-hybridized carbons (Fsp3) is 0.462. The van der Waals surface area contributed by atoms with Crippen LogP contribution in [0.3, 0.4) is 0 Å². The zero-order valence-corrected chi connectivity index (χ0v) is 11.8. The van der Waals surface area contributed by atoms with E-state index in [1.165, 1.54) is 0 Å². The van der Waals surface area contributed by atoms with Gasteiger partial charge >= 0.3 is 0 Å². The van der Waals surface area contributed by atoms with Gasteiger partial charge in [-0.15, -0.1) is 0 Å². The first-order valence-corrected chi connectivity index (χ1v) is 6.77. The standard InChI is InChI=1S/C13H16Cl2N2O/c1-17-6-2-3-10(17)8-13(18)16-12-5-4-9(14)7-11(12)15/h4-5,7,10H,2-3,6,8H2,1H3,(H,16,18). The quantitative estimate of drug-likeness (QED) is 0.924. The van der Waals surface area contributed by atoms with E-state index in [-0.39, 0.29) is 5.91 Å². The lowest BCUT2D eigenvalue weighted by Gasteiger charge is -2.18. The van der Waals surface area contributed by atoms with E-state index in [1.807, 2.05) is 0 Å². The Kier molecular flexibility index (Phi) is 4.49. The molecule has 1 aromatic carbocycles.